The molecule has 2 nitrogen and oxygen atoms in total. The first-order valence-corrected chi connectivity index (χ1v) is 7.80. The number of rotatable bonds is 6. The first kappa shape index (κ1) is 14.5. The van der Waals surface area contributed by atoms with E-state index in [-0.39, 0.29) is 0 Å². The van der Waals surface area contributed by atoms with E-state index in [9.17, 15) is 0 Å². The van der Waals surface area contributed by atoms with E-state index in [0.717, 1.165) is 25.6 Å². The normalized spacial score (nSPS) is 20.6. The molecule has 0 spiro atoms. The van der Waals surface area contributed by atoms with Gasteiger partial charge in [-0.1, -0.05) is 37.6 Å². The summed E-state index contributed by atoms with van der Waals surface area (Å²) in [7, 11) is 2.01. The number of likely N-dealkylation sites (tertiary alicyclic amines) is 1. The van der Waals surface area contributed by atoms with Crippen LogP contribution in [0.4, 0.5) is 0 Å². The molecule has 0 radical (unpaired) electrons. The lowest BCUT2D eigenvalue weighted by molar-refractivity contribution is 0.136. The third kappa shape index (κ3) is 4.32. The zero-order valence-corrected chi connectivity index (χ0v) is 12.5. The van der Waals surface area contributed by atoms with Crippen LogP contribution in [0.1, 0.15) is 43.7 Å². The average Bonchev–Trinajstić information content (AvgIpc) is 2.47. The quantitative estimate of drug-likeness (QED) is 0.845. The van der Waals surface area contributed by atoms with Gasteiger partial charge in [-0.2, -0.15) is 0 Å². The lowest BCUT2D eigenvalue weighted by Gasteiger charge is -2.35. The van der Waals surface area contributed by atoms with E-state index < -0.39 is 0 Å². The monoisotopic (exact) mass is 260 g/mol. The minimum atomic E-state index is 0.803. The van der Waals surface area contributed by atoms with Crippen molar-refractivity contribution in [3.8, 4) is 0 Å². The number of piperidine rings is 1. The zero-order chi connectivity index (χ0) is 13.5. The van der Waals surface area contributed by atoms with Crippen molar-refractivity contribution in [1.82, 2.24) is 10.2 Å². The van der Waals surface area contributed by atoms with Crippen LogP contribution in [0.15, 0.2) is 24.3 Å². The zero-order valence-electron chi connectivity index (χ0n) is 12.5. The molecule has 1 aliphatic heterocycles. The number of hydrogen-bond acceptors (Lipinski definition) is 2. The highest BCUT2D eigenvalue weighted by atomic mass is 15.2. The Morgan fingerprint density at radius 3 is 2.58 bits per heavy atom. The Balaban J connectivity index is 1.90. The summed E-state index contributed by atoms with van der Waals surface area (Å²) in [5.41, 5.74) is 2.90. The Bertz CT molecular complexity index is 358. The molecule has 0 amide bonds. The van der Waals surface area contributed by atoms with E-state index in [1.54, 1.807) is 0 Å². The molecule has 2 rings (SSSR count). The van der Waals surface area contributed by atoms with Crippen molar-refractivity contribution in [2.45, 2.75) is 51.6 Å². The largest absolute Gasteiger partial charge is 0.319 e. The minimum absolute atomic E-state index is 0.803. The summed E-state index contributed by atoms with van der Waals surface area (Å²) < 4.78 is 0. The number of nitrogens with zero attached hydrogens (tertiary/aromatic N) is 1. The van der Waals surface area contributed by atoms with Crippen LogP contribution in [0.25, 0.3) is 0 Å². The standard InChI is InChI=1S/C17H28N2/c1-3-17-6-4-5-13-19(17)14-16-9-7-15(8-10-16)11-12-18-2/h7-10,17-18H,3-6,11-14H2,1-2H3. The molecule has 106 valence electrons. The molecule has 0 aliphatic carbocycles. The summed E-state index contributed by atoms with van der Waals surface area (Å²) in [5, 5.41) is 3.20. The average molecular weight is 260 g/mol. The Morgan fingerprint density at radius 1 is 1.16 bits per heavy atom. The van der Waals surface area contributed by atoms with Crippen LogP contribution in [0.3, 0.4) is 0 Å². The molecule has 0 bridgehead atoms. The highest BCUT2D eigenvalue weighted by Gasteiger charge is 2.20. The van der Waals surface area contributed by atoms with Gasteiger partial charge in [0.05, 0.1) is 0 Å². The molecular formula is C17H28N2. The number of hydrogen-bond donors (Lipinski definition) is 1. The van der Waals surface area contributed by atoms with Crippen molar-refractivity contribution in [3.63, 3.8) is 0 Å². The van der Waals surface area contributed by atoms with E-state index in [0.29, 0.717) is 0 Å². The first-order chi connectivity index (χ1) is 9.33. The van der Waals surface area contributed by atoms with Gasteiger partial charge < -0.3 is 5.32 Å². The second kappa shape index (κ2) is 7.66. The van der Waals surface area contributed by atoms with Crippen molar-refractivity contribution in [2.24, 2.45) is 0 Å². The smallest absolute Gasteiger partial charge is 0.0236 e. The van der Waals surface area contributed by atoms with Crippen LogP contribution in [0, 0.1) is 0 Å². The fraction of sp³-hybridized carbons (Fsp3) is 0.647. The summed E-state index contributed by atoms with van der Waals surface area (Å²) in [4.78, 5) is 2.67. The molecule has 0 saturated carbocycles. The maximum atomic E-state index is 3.20. The van der Waals surface area contributed by atoms with Gasteiger partial charge in [-0.15, -0.1) is 0 Å². The molecule has 1 unspecified atom stereocenters. The van der Waals surface area contributed by atoms with E-state index in [4.69, 9.17) is 0 Å². The highest BCUT2D eigenvalue weighted by Crippen LogP contribution is 2.21. The second-order valence-corrected chi connectivity index (χ2v) is 5.70. The summed E-state index contributed by atoms with van der Waals surface area (Å²) in [6.45, 7) is 5.79. The summed E-state index contributed by atoms with van der Waals surface area (Å²) in [6, 6.07) is 10.0. The van der Waals surface area contributed by atoms with Crippen LogP contribution >= 0.6 is 0 Å². The third-order valence-electron chi connectivity index (χ3n) is 4.29. The Labute approximate surface area is 118 Å². The van der Waals surface area contributed by atoms with Gasteiger partial charge in [-0.3, -0.25) is 4.90 Å². The van der Waals surface area contributed by atoms with Gasteiger partial charge in [0.1, 0.15) is 0 Å². The number of likely N-dealkylation sites (N-methyl/N-ethyl adjacent to an activating group) is 1. The Kier molecular flexibility index (Phi) is 5.87. The van der Waals surface area contributed by atoms with Crippen LogP contribution < -0.4 is 5.32 Å². The minimum Gasteiger partial charge on any atom is -0.319 e. The predicted octanol–water partition coefficient (Wildman–Crippen LogP) is 3.21. The topological polar surface area (TPSA) is 15.3 Å². The molecule has 1 aromatic carbocycles. The van der Waals surface area contributed by atoms with Gasteiger partial charge in [-0.25, -0.2) is 0 Å². The van der Waals surface area contributed by atoms with Crippen molar-refractivity contribution in [1.29, 1.82) is 0 Å². The lowest BCUT2D eigenvalue weighted by atomic mass is 9.99. The van der Waals surface area contributed by atoms with Crippen LogP contribution in [-0.4, -0.2) is 31.1 Å². The molecule has 2 heteroatoms. The van der Waals surface area contributed by atoms with E-state index in [2.05, 4.69) is 41.4 Å². The third-order valence-corrected chi connectivity index (χ3v) is 4.29. The van der Waals surface area contributed by atoms with Gasteiger partial charge in [0.15, 0.2) is 0 Å². The summed E-state index contributed by atoms with van der Waals surface area (Å²) in [6.07, 6.45) is 6.59. The molecule has 1 aromatic rings. The molecule has 19 heavy (non-hydrogen) atoms. The molecular weight excluding hydrogens is 232 g/mol. The van der Waals surface area contributed by atoms with E-state index in [1.165, 1.54) is 43.4 Å². The van der Waals surface area contributed by atoms with Crippen molar-refractivity contribution >= 4 is 0 Å². The highest BCUT2D eigenvalue weighted by molar-refractivity contribution is 5.22. The number of nitrogens with one attached hydrogen (secondary N) is 1. The molecule has 1 fully saturated rings. The maximum absolute atomic E-state index is 3.20. The van der Waals surface area contributed by atoms with Gasteiger partial charge in [0.2, 0.25) is 0 Å². The molecule has 1 heterocycles. The van der Waals surface area contributed by atoms with Gasteiger partial charge in [0, 0.05) is 12.6 Å². The van der Waals surface area contributed by atoms with E-state index >= 15 is 0 Å². The molecule has 1 atom stereocenters. The van der Waals surface area contributed by atoms with Crippen LogP contribution in [0.2, 0.25) is 0 Å². The van der Waals surface area contributed by atoms with Gasteiger partial charge in [-0.05, 0) is 56.9 Å². The Hall–Kier alpha value is -0.860. The maximum Gasteiger partial charge on any atom is 0.0236 e. The van der Waals surface area contributed by atoms with Gasteiger partial charge in [0.25, 0.3) is 0 Å². The fourth-order valence-electron chi connectivity index (χ4n) is 3.05. The fourth-order valence-corrected chi connectivity index (χ4v) is 3.05. The molecule has 0 aromatic heterocycles. The van der Waals surface area contributed by atoms with E-state index in [1.807, 2.05) is 7.05 Å². The van der Waals surface area contributed by atoms with Crippen LogP contribution in [-0.2, 0) is 13.0 Å². The molecule has 1 N–H and O–H groups in total. The number of benzene rings is 1. The van der Waals surface area contributed by atoms with Gasteiger partial charge >= 0.3 is 0 Å². The van der Waals surface area contributed by atoms with Crippen molar-refractivity contribution in [3.05, 3.63) is 35.4 Å². The Morgan fingerprint density at radius 2 is 1.89 bits per heavy atom. The van der Waals surface area contributed by atoms with Crippen molar-refractivity contribution < 1.29 is 0 Å². The van der Waals surface area contributed by atoms with Crippen LogP contribution in [0.5, 0.6) is 0 Å². The second-order valence-electron chi connectivity index (χ2n) is 5.70. The summed E-state index contributed by atoms with van der Waals surface area (Å²) >= 11 is 0. The predicted molar refractivity (Wildman–Crippen MR) is 82.4 cm³/mol. The molecule has 1 aliphatic rings. The lowest BCUT2D eigenvalue weighted by Crippen LogP contribution is -2.38. The summed E-state index contributed by atoms with van der Waals surface area (Å²) in [5.74, 6) is 0. The molecule has 1 saturated heterocycles. The first-order valence-electron chi connectivity index (χ1n) is 7.80. The SMILES string of the molecule is CCC1CCCCN1Cc1ccc(CCNC)cc1. The van der Waals surface area contributed by atoms with Crippen molar-refractivity contribution in [2.75, 3.05) is 20.1 Å².